The Bertz CT molecular complexity index is 184. The summed E-state index contributed by atoms with van der Waals surface area (Å²) in [5, 5.41) is 3.06. The fourth-order valence-corrected chi connectivity index (χ4v) is 0.432. The Labute approximate surface area is 71.3 Å². The van der Waals surface area contributed by atoms with Gasteiger partial charge < -0.3 is 10.5 Å². The highest BCUT2D eigenvalue weighted by Gasteiger charge is 2.18. The summed E-state index contributed by atoms with van der Waals surface area (Å²) in [5.74, 6) is -0.677. The van der Waals surface area contributed by atoms with Crippen LogP contribution in [0.25, 0.3) is 0 Å². The van der Waals surface area contributed by atoms with Crippen LogP contribution in [-0.4, -0.2) is 24.1 Å². The predicted molar refractivity (Wildman–Crippen MR) is 42.4 cm³/mol. The summed E-state index contributed by atoms with van der Waals surface area (Å²) in [6.45, 7) is 4.78. The molecule has 0 saturated carbocycles. The Hall–Kier alpha value is -1.10. The Morgan fingerprint density at radius 1 is 1.42 bits per heavy atom. The number of hydrogen-bond acceptors (Lipinski definition) is 4. The first-order chi connectivity index (χ1) is 5.35. The van der Waals surface area contributed by atoms with E-state index in [2.05, 4.69) is 5.32 Å². The molecule has 1 radical (unpaired) electrons. The second kappa shape index (κ2) is 4.06. The number of ether oxygens (including phenoxy) is 1. The van der Waals surface area contributed by atoms with Crippen LogP contribution in [0.15, 0.2) is 0 Å². The van der Waals surface area contributed by atoms with Gasteiger partial charge in [0.2, 0.25) is 0 Å². The first-order valence-corrected chi connectivity index (χ1v) is 3.53. The quantitative estimate of drug-likeness (QED) is 0.605. The Balaban J connectivity index is 3.83. The molecule has 0 aliphatic carbocycles. The van der Waals surface area contributed by atoms with Crippen molar-refractivity contribution in [3.05, 3.63) is 0 Å². The van der Waals surface area contributed by atoms with Crippen LogP contribution >= 0.6 is 0 Å². The average molecular weight is 173 g/mol. The summed E-state index contributed by atoms with van der Waals surface area (Å²) in [7, 11) is 0. The third-order valence-corrected chi connectivity index (χ3v) is 0.784. The minimum Gasteiger partial charge on any atom is -0.442 e. The number of amides is 2. The van der Waals surface area contributed by atoms with Crippen LogP contribution in [-0.2, 0) is 9.53 Å². The van der Waals surface area contributed by atoms with E-state index in [1.165, 1.54) is 0 Å². The molecule has 0 unspecified atom stereocenters. The van der Waals surface area contributed by atoms with E-state index in [4.69, 9.17) is 10.5 Å². The van der Waals surface area contributed by atoms with Gasteiger partial charge in [0.25, 0.3) is 5.91 Å². The molecule has 0 saturated heterocycles. The number of nitrogens with zero attached hydrogens (tertiary/aromatic N) is 1. The number of carbonyl (C=O) groups is 2. The van der Waals surface area contributed by atoms with Crippen LogP contribution in [0.4, 0.5) is 4.79 Å². The lowest BCUT2D eigenvalue weighted by molar-refractivity contribution is -0.119. The van der Waals surface area contributed by atoms with Crippen molar-refractivity contribution in [3.8, 4) is 0 Å². The van der Waals surface area contributed by atoms with Gasteiger partial charge in [-0.1, -0.05) is 0 Å². The summed E-state index contributed by atoms with van der Waals surface area (Å²) in [6.07, 6.45) is -0.891. The fraction of sp³-hybridized carbons (Fsp3) is 0.714. The summed E-state index contributed by atoms with van der Waals surface area (Å²) >= 11 is 0. The molecule has 0 spiro atoms. The lowest BCUT2D eigenvalue weighted by atomic mass is 10.2. The van der Waals surface area contributed by atoms with Gasteiger partial charge in [-0.25, -0.2) is 4.79 Å². The highest BCUT2D eigenvalue weighted by Crippen LogP contribution is 2.06. The molecule has 0 bridgehead atoms. The number of imide groups is 1. The third-order valence-electron chi connectivity index (χ3n) is 0.784. The van der Waals surface area contributed by atoms with Gasteiger partial charge >= 0.3 is 6.09 Å². The molecule has 5 heteroatoms. The molecule has 0 aliphatic rings. The van der Waals surface area contributed by atoms with Crippen LogP contribution in [0.1, 0.15) is 20.8 Å². The molecular weight excluding hydrogens is 160 g/mol. The third kappa shape index (κ3) is 5.67. The Kier molecular flexibility index (Phi) is 3.69. The van der Waals surface area contributed by atoms with Crippen molar-refractivity contribution in [2.24, 2.45) is 5.73 Å². The van der Waals surface area contributed by atoms with E-state index in [1.807, 2.05) is 0 Å². The molecule has 69 valence electrons. The van der Waals surface area contributed by atoms with Crippen molar-refractivity contribution in [2.45, 2.75) is 26.4 Å². The number of hydrogen-bond donors (Lipinski definition) is 1. The number of carbonyl (C=O) groups excluding carboxylic acids is 2. The lowest BCUT2D eigenvalue weighted by Gasteiger charge is -2.17. The predicted octanol–water partition coefficient (Wildman–Crippen LogP) is 0.0112. The first kappa shape index (κ1) is 10.9. The molecular formula is C7H13N2O3. The molecule has 2 N–H and O–H groups in total. The van der Waals surface area contributed by atoms with E-state index < -0.39 is 17.6 Å². The first-order valence-electron chi connectivity index (χ1n) is 3.53. The van der Waals surface area contributed by atoms with E-state index >= 15 is 0 Å². The van der Waals surface area contributed by atoms with Gasteiger partial charge in [0.1, 0.15) is 5.60 Å². The van der Waals surface area contributed by atoms with Crippen molar-refractivity contribution in [3.63, 3.8) is 0 Å². The monoisotopic (exact) mass is 173 g/mol. The van der Waals surface area contributed by atoms with Gasteiger partial charge in [-0.3, -0.25) is 4.79 Å². The van der Waals surface area contributed by atoms with E-state index in [0.717, 1.165) is 0 Å². The maximum Gasteiger partial charge on any atom is 0.437 e. The minimum atomic E-state index is -0.891. The Morgan fingerprint density at radius 2 is 1.92 bits per heavy atom. The molecule has 0 heterocycles. The van der Waals surface area contributed by atoms with Gasteiger partial charge in [0.15, 0.2) is 0 Å². The topological polar surface area (TPSA) is 83.5 Å². The van der Waals surface area contributed by atoms with E-state index in [0.29, 0.717) is 0 Å². The molecule has 0 fully saturated rings. The summed E-state index contributed by atoms with van der Waals surface area (Å²) in [6, 6.07) is 0. The average Bonchev–Trinajstić information content (AvgIpc) is 1.82. The molecule has 0 atom stereocenters. The van der Waals surface area contributed by atoms with Crippen molar-refractivity contribution < 1.29 is 14.3 Å². The van der Waals surface area contributed by atoms with Gasteiger partial charge in [-0.15, -0.1) is 5.32 Å². The second-order valence-corrected chi connectivity index (χ2v) is 3.19. The molecule has 0 aromatic carbocycles. The van der Waals surface area contributed by atoms with Gasteiger partial charge in [-0.05, 0) is 20.8 Å². The van der Waals surface area contributed by atoms with Gasteiger partial charge in [-0.2, -0.15) is 0 Å². The molecule has 5 nitrogen and oxygen atoms in total. The maximum atomic E-state index is 10.8. The summed E-state index contributed by atoms with van der Waals surface area (Å²) in [5.41, 5.74) is 4.30. The van der Waals surface area contributed by atoms with Crippen molar-refractivity contribution in [1.82, 2.24) is 5.32 Å². The molecule has 0 rings (SSSR count). The van der Waals surface area contributed by atoms with E-state index in [-0.39, 0.29) is 6.54 Å². The Morgan fingerprint density at radius 3 is 2.25 bits per heavy atom. The van der Waals surface area contributed by atoms with Gasteiger partial charge in [0, 0.05) is 0 Å². The zero-order valence-corrected chi connectivity index (χ0v) is 7.46. The summed E-state index contributed by atoms with van der Waals surface area (Å²) in [4.78, 5) is 21.3. The molecule has 0 aliphatic heterocycles. The van der Waals surface area contributed by atoms with Crippen LogP contribution in [0.3, 0.4) is 0 Å². The van der Waals surface area contributed by atoms with Crippen LogP contribution in [0.5, 0.6) is 0 Å². The molecule has 2 amide bonds. The molecule has 0 aromatic heterocycles. The number of rotatable bonds is 1. The largest absolute Gasteiger partial charge is 0.442 e. The second-order valence-electron chi connectivity index (χ2n) is 3.19. The van der Waals surface area contributed by atoms with Gasteiger partial charge in [0.05, 0.1) is 6.54 Å². The molecule has 12 heavy (non-hydrogen) atoms. The van der Waals surface area contributed by atoms with E-state index in [9.17, 15) is 9.59 Å². The van der Waals surface area contributed by atoms with Crippen molar-refractivity contribution in [2.75, 3.05) is 6.54 Å². The SMILES string of the molecule is CC(C)(C)OC(=O)[N]C(=O)CN. The highest BCUT2D eigenvalue weighted by atomic mass is 16.6. The zero-order valence-electron chi connectivity index (χ0n) is 7.46. The fourth-order valence-electron chi connectivity index (χ4n) is 0.432. The summed E-state index contributed by atoms with van der Waals surface area (Å²) < 4.78 is 4.73. The van der Waals surface area contributed by atoms with Crippen molar-refractivity contribution >= 4 is 12.0 Å². The van der Waals surface area contributed by atoms with Crippen LogP contribution < -0.4 is 11.1 Å². The van der Waals surface area contributed by atoms with E-state index in [1.54, 1.807) is 20.8 Å². The van der Waals surface area contributed by atoms with Crippen LogP contribution in [0.2, 0.25) is 0 Å². The van der Waals surface area contributed by atoms with Crippen molar-refractivity contribution in [1.29, 1.82) is 0 Å². The maximum absolute atomic E-state index is 10.8. The zero-order chi connectivity index (χ0) is 9.78. The normalized spacial score (nSPS) is 10.7. The van der Waals surface area contributed by atoms with Crippen LogP contribution in [0, 0.1) is 0 Å². The standard InChI is InChI=1S/C7H13N2O3/c1-7(2,3)12-6(11)9-5(10)4-8/h4,8H2,1-3H3. The highest BCUT2D eigenvalue weighted by molar-refractivity contribution is 5.92. The number of nitrogens with two attached hydrogens (primary N) is 1. The lowest BCUT2D eigenvalue weighted by Crippen LogP contribution is -2.34. The molecule has 0 aromatic rings. The smallest absolute Gasteiger partial charge is 0.437 e. The minimum absolute atomic E-state index is 0.279.